The molecule has 1 aliphatic rings. The highest BCUT2D eigenvalue weighted by Crippen LogP contribution is 2.56. The maximum Gasteiger partial charge on any atom is 0.345 e. The van der Waals surface area contributed by atoms with Gasteiger partial charge in [-0.3, -0.25) is 38.3 Å². The predicted molar refractivity (Wildman–Crippen MR) is 277 cm³/mol. The highest BCUT2D eigenvalue weighted by molar-refractivity contribution is 7.54. The van der Waals surface area contributed by atoms with Gasteiger partial charge in [-0.2, -0.15) is 0 Å². The molecule has 0 radical (unpaired) electrons. The second-order valence-corrected chi connectivity index (χ2v) is 25.7. The van der Waals surface area contributed by atoms with Crippen LogP contribution in [0.2, 0.25) is 0 Å². The minimum Gasteiger partial charge on any atom is -0.406 e. The van der Waals surface area contributed by atoms with Gasteiger partial charge in [-0.25, -0.2) is 0 Å². The molecule has 0 bridgehead atoms. The first-order valence-corrected chi connectivity index (χ1v) is 27.8. The molecule has 0 N–H and O–H groups in total. The van der Waals surface area contributed by atoms with Gasteiger partial charge in [0.1, 0.15) is 25.8 Å². The van der Waals surface area contributed by atoms with Crippen LogP contribution in [0.3, 0.4) is 0 Å². The number of nitrogens with zero attached hydrogens (tertiary/aromatic N) is 6. The summed E-state index contributed by atoms with van der Waals surface area (Å²) < 4.78 is 58.0. The standard InChI is InChI=1S/C52H80N6O10P2/c1-49(2,3)65-69(61,66-50(4,5)6)41-55-33-29-53(37-45-25-19-27-47(59)57(45)63-39-43-21-15-13-16-22-43)31-35-56(42-70(62,67-51(7,8)9)68-52(10,11)12)36-32-54(30-34-55)38-46-26-20-28-48(60)58(46)64-40-44-23-17-14-18-24-44/h13-28H,29-42H2,1-12H3. The summed E-state index contributed by atoms with van der Waals surface area (Å²) in [6.45, 7) is 27.1. The van der Waals surface area contributed by atoms with Crippen LogP contribution < -0.4 is 20.8 Å². The van der Waals surface area contributed by atoms with Crippen molar-refractivity contribution in [2.75, 3.05) is 64.9 Å². The fraction of sp³-hybridized carbons (Fsp3) is 0.577. The van der Waals surface area contributed by atoms with Gasteiger partial charge in [-0.15, -0.1) is 9.46 Å². The average Bonchev–Trinajstić information content (AvgIpc) is 3.22. The van der Waals surface area contributed by atoms with E-state index < -0.39 is 37.6 Å². The summed E-state index contributed by atoms with van der Waals surface area (Å²) in [4.78, 5) is 47.9. The Morgan fingerprint density at radius 2 is 0.686 bits per heavy atom. The lowest BCUT2D eigenvalue weighted by Crippen LogP contribution is -2.47. The van der Waals surface area contributed by atoms with Gasteiger partial charge in [0.25, 0.3) is 11.1 Å². The lowest BCUT2D eigenvalue weighted by Gasteiger charge is -2.38. The molecule has 4 aromatic rings. The Hall–Kier alpha value is -3.92. The van der Waals surface area contributed by atoms with E-state index >= 15 is 0 Å². The van der Waals surface area contributed by atoms with Crippen LogP contribution in [-0.2, 0) is 53.5 Å². The number of hydrogen-bond acceptors (Lipinski definition) is 14. The third-order valence-electron chi connectivity index (χ3n) is 10.5. The van der Waals surface area contributed by atoms with Gasteiger partial charge in [0.15, 0.2) is 0 Å². The zero-order valence-corrected chi connectivity index (χ0v) is 45.6. The van der Waals surface area contributed by atoms with Gasteiger partial charge in [-0.05, 0) is 106 Å². The molecule has 0 atom stereocenters. The summed E-state index contributed by atoms with van der Waals surface area (Å²) in [6, 6.07) is 29.6. The van der Waals surface area contributed by atoms with E-state index in [2.05, 4.69) is 19.6 Å². The normalized spacial score (nSPS) is 16.4. The van der Waals surface area contributed by atoms with E-state index in [1.165, 1.54) is 21.6 Å². The molecule has 18 heteroatoms. The van der Waals surface area contributed by atoms with E-state index in [0.717, 1.165) is 11.1 Å². The van der Waals surface area contributed by atoms with Crippen molar-refractivity contribution in [2.24, 2.45) is 0 Å². The number of aromatic nitrogens is 2. The molecular weight excluding hydrogens is 931 g/mol. The van der Waals surface area contributed by atoms with Crippen LogP contribution in [-0.4, -0.2) is 116 Å². The first kappa shape index (κ1) is 57.0. The van der Waals surface area contributed by atoms with Crippen LogP contribution in [0.25, 0.3) is 0 Å². The summed E-state index contributed by atoms with van der Waals surface area (Å²) in [5.74, 6) is 0. The molecule has 16 nitrogen and oxygen atoms in total. The molecule has 3 heterocycles. The van der Waals surface area contributed by atoms with E-state index in [1.54, 1.807) is 12.1 Å². The lowest BCUT2D eigenvalue weighted by atomic mass is 10.2. The van der Waals surface area contributed by atoms with Crippen molar-refractivity contribution in [3.63, 3.8) is 0 Å². The molecule has 1 fully saturated rings. The van der Waals surface area contributed by atoms with Crippen LogP contribution in [0.15, 0.2) is 107 Å². The first-order chi connectivity index (χ1) is 32.6. The van der Waals surface area contributed by atoms with Crippen LogP contribution >= 0.6 is 15.2 Å². The van der Waals surface area contributed by atoms with Gasteiger partial charge in [0.2, 0.25) is 0 Å². The van der Waals surface area contributed by atoms with E-state index in [1.807, 2.05) is 156 Å². The largest absolute Gasteiger partial charge is 0.406 e. The highest BCUT2D eigenvalue weighted by atomic mass is 31.2. The Kier molecular flexibility index (Phi) is 20.1. The summed E-state index contributed by atoms with van der Waals surface area (Å²) in [7, 11) is -7.53. The molecule has 388 valence electrons. The fourth-order valence-electron chi connectivity index (χ4n) is 7.94. The smallest absolute Gasteiger partial charge is 0.345 e. The summed E-state index contributed by atoms with van der Waals surface area (Å²) in [5.41, 5.74) is -0.513. The third kappa shape index (κ3) is 20.3. The zero-order valence-electron chi connectivity index (χ0n) is 43.8. The number of benzene rings is 2. The van der Waals surface area contributed by atoms with E-state index in [0.29, 0.717) is 76.8 Å². The van der Waals surface area contributed by atoms with Gasteiger partial charge in [0.05, 0.1) is 33.8 Å². The van der Waals surface area contributed by atoms with Crippen molar-refractivity contribution in [1.82, 2.24) is 29.1 Å². The maximum atomic E-state index is 15.0. The molecule has 0 unspecified atom stereocenters. The fourth-order valence-corrected chi connectivity index (χ4v) is 13.1. The molecule has 70 heavy (non-hydrogen) atoms. The summed E-state index contributed by atoms with van der Waals surface area (Å²) in [6.07, 6.45) is 0.0263. The van der Waals surface area contributed by atoms with Crippen molar-refractivity contribution < 1.29 is 36.9 Å². The van der Waals surface area contributed by atoms with E-state index in [9.17, 15) is 18.7 Å². The van der Waals surface area contributed by atoms with Crippen LogP contribution in [0, 0.1) is 0 Å². The molecule has 2 aromatic carbocycles. The molecule has 1 saturated heterocycles. The molecule has 0 spiro atoms. The van der Waals surface area contributed by atoms with Gasteiger partial charge < -0.3 is 27.8 Å². The molecule has 2 aromatic heterocycles. The maximum absolute atomic E-state index is 15.0. The minimum atomic E-state index is -3.76. The Morgan fingerprint density at radius 1 is 0.400 bits per heavy atom. The molecule has 0 amide bonds. The van der Waals surface area contributed by atoms with Crippen LogP contribution in [0.1, 0.15) is 106 Å². The number of hydrogen-bond donors (Lipinski definition) is 0. The Bertz CT molecular complexity index is 2230. The quantitative estimate of drug-likeness (QED) is 0.0876. The van der Waals surface area contributed by atoms with E-state index in [-0.39, 0.29) is 36.9 Å². The SMILES string of the molecule is CC(C)(C)OP(=O)(CN1CCN(Cc2cccc(=O)n2OCc2ccccc2)CCN(CP(=O)(OC(C)(C)C)OC(C)(C)C)CCN(Cc2cccc(=O)n2OCc2ccccc2)CC1)OC(C)(C)C. The minimum absolute atomic E-state index is 0.0132. The second-order valence-electron chi connectivity index (χ2n) is 21.9. The Balaban J connectivity index is 1.55. The summed E-state index contributed by atoms with van der Waals surface area (Å²) >= 11 is 0. The van der Waals surface area contributed by atoms with Gasteiger partial charge in [0, 0.05) is 77.6 Å². The molecule has 1 aliphatic heterocycles. The van der Waals surface area contributed by atoms with Gasteiger partial charge in [-0.1, -0.05) is 72.8 Å². The van der Waals surface area contributed by atoms with E-state index in [4.69, 9.17) is 27.8 Å². The van der Waals surface area contributed by atoms with Crippen molar-refractivity contribution >= 4 is 15.2 Å². The van der Waals surface area contributed by atoms with Crippen molar-refractivity contribution in [2.45, 2.75) is 132 Å². The average molecular weight is 1010 g/mol. The molecule has 5 rings (SSSR count). The number of pyridine rings is 2. The lowest BCUT2D eigenvalue weighted by molar-refractivity contribution is 0.0396. The van der Waals surface area contributed by atoms with Crippen molar-refractivity contribution in [1.29, 1.82) is 0 Å². The van der Waals surface area contributed by atoms with Gasteiger partial charge >= 0.3 is 15.2 Å². The highest BCUT2D eigenvalue weighted by Gasteiger charge is 2.39. The topological polar surface area (TPSA) is 146 Å². The predicted octanol–water partition coefficient (Wildman–Crippen LogP) is 8.75. The molecule has 0 aliphatic carbocycles. The zero-order chi connectivity index (χ0) is 51.4. The summed E-state index contributed by atoms with van der Waals surface area (Å²) in [5, 5.41) is 0. The Labute approximate surface area is 416 Å². The van der Waals surface area contributed by atoms with Crippen LogP contribution in [0.4, 0.5) is 0 Å². The molecule has 0 saturated carbocycles. The van der Waals surface area contributed by atoms with Crippen LogP contribution in [0.5, 0.6) is 0 Å². The van der Waals surface area contributed by atoms with Crippen molar-refractivity contribution in [3.05, 3.63) is 140 Å². The third-order valence-corrected chi connectivity index (χ3v) is 15.3. The Morgan fingerprint density at radius 3 is 0.971 bits per heavy atom. The van der Waals surface area contributed by atoms with Crippen molar-refractivity contribution in [3.8, 4) is 0 Å². The molecular formula is C52H80N6O10P2. The first-order valence-electron chi connectivity index (χ1n) is 24.3. The monoisotopic (exact) mass is 1010 g/mol. The second kappa shape index (κ2) is 24.7. The number of rotatable bonds is 18.